The van der Waals surface area contributed by atoms with E-state index in [0.717, 1.165) is 10.6 Å². The van der Waals surface area contributed by atoms with Crippen molar-refractivity contribution in [3.05, 3.63) is 157 Å². The molecule has 0 radical (unpaired) electrons. The van der Waals surface area contributed by atoms with Crippen molar-refractivity contribution in [3.8, 4) is 56.3 Å². The maximum absolute atomic E-state index is 9.93. The van der Waals surface area contributed by atoms with Crippen LogP contribution in [0.5, 0.6) is 17.2 Å². The number of fused-ring (bicyclic) bond motifs is 7. The lowest BCUT2D eigenvalue weighted by molar-refractivity contribution is 0.479. The lowest BCUT2D eigenvalue weighted by atomic mass is 9.50. The molecule has 0 fully saturated rings. The van der Waals surface area contributed by atoms with Gasteiger partial charge in [0.2, 0.25) is 0 Å². The van der Waals surface area contributed by atoms with Gasteiger partial charge in [0.1, 0.15) is 17.2 Å². The molecule has 0 spiro atoms. The van der Waals surface area contributed by atoms with Gasteiger partial charge in [-0.25, -0.2) is 0 Å². The number of ether oxygens (including phenoxy) is 1. The molecule has 46 heavy (non-hydrogen) atoms. The molecule has 2 aliphatic heterocycles. The molecule has 0 unspecified atom stereocenters. The Morgan fingerprint density at radius 1 is 0.500 bits per heavy atom. The summed E-state index contributed by atoms with van der Waals surface area (Å²) in [5.74, 6) is -1.88. The summed E-state index contributed by atoms with van der Waals surface area (Å²) in [5, 5.41) is -0.907. The Bertz CT molecular complexity index is 3830. The lowest BCUT2D eigenvalue weighted by Gasteiger charge is -2.33. The van der Waals surface area contributed by atoms with Crippen molar-refractivity contribution in [2.45, 2.75) is 0 Å². The van der Waals surface area contributed by atoms with Crippen LogP contribution in [0, 0.1) is 0 Å². The van der Waals surface area contributed by atoms with Gasteiger partial charge in [-0.2, -0.15) is 0 Å². The van der Waals surface area contributed by atoms with E-state index >= 15 is 0 Å². The van der Waals surface area contributed by atoms with Gasteiger partial charge in [-0.15, -0.1) is 0 Å². The number of para-hydroxylation sites is 3. The van der Waals surface area contributed by atoms with E-state index in [1.807, 2.05) is 0 Å². The molecule has 0 saturated heterocycles. The Kier molecular flexibility index (Phi) is 2.36. The van der Waals surface area contributed by atoms with Crippen molar-refractivity contribution in [2.75, 3.05) is 0 Å². The maximum Gasteiger partial charge on any atom is 0.434 e. The van der Waals surface area contributed by atoms with E-state index in [2.05, 4.69) is 0 Å². The lowest BCUT2D eigenvalue weighted by Crippen LogP contribution is -2.53. The highest BCUT2D eigenvalue weighted by molar-refractivity contribution is 6.84. The monoisotopic (exact) mass is 612 g/mol. The molecule has 1 aromatic heterocycles. The highest BCUT2D eigenvalue weighted by Crippen LogP contribution is 2.43. The van der Waals surface area contributed by atoms with Crippen molar-refractivity contribution in [1.82, 2.24) is 4.57 Å². The topological polar surface area (TPSA) is 23.4 Å². The first-order valence-corrected chi connectivity index (χ1v) is 13.7. The molecule has 0 N–H and O–H groups in total. The van der Waals surface area contributed by atoms with Gasteiger partial charge in [-0.05, 0) is 76.2 Å². The number of nitrogens with zero attached hydrogens (tertiary/aromatic N) is 1. The van der Waals surface area contributed by atoms with E-state index < -0.39 is 242 Å². The summed E-state index contributed by atoms with van der Waals surface area (Å²) in [4.78, 5) is 0. The number of hydrogen-bond donors (Lipinski definition) is 0. The van der Waals surface area contributed by atoms with Crippen molar-refractivity contribution in [1.29, 1.82) is 0 Å². The Morgan fingerprint density at radius 2 is 1.22 bits per heavy atom. The molecular weight excluding hydrogens is 561 g/mol. The zero-order chi connectivity index (χ0) is 51.9. The first-order chi connectivity index (χ1) is 33.2. The SMILES string of the molecule is [2H]c1cc(-c2c([2H])c([2H])c3c(c2[2H])OB2c4c([2H])c([2H])c([2H])c([2H])c4Oc4c([2H])c(-c5c([2H])c([2H])c([2H])c(-n6c7c([2H])c([2H])c([2H])c([2H])c7c7c([2H])c([2H])c([2H])c([2H])c76)c5[2H])c([2H])c-3c42)c([2H])c([2H])c1[2H]. The van der Waals surface area contributed by atoms with E-state index in [1.54, 1.807) is 0 Å². The van der Waals surface area contributed by atoms with Crippen molar-refractivity contribution >= 4 is 39.6 Å². The van der Waals surface area contributed by atoms with Crippen LogP contribution in [0.1, 0.15) is 34.3 Å². The Hall–Kier alpha value is -6.00. The van der Waals surface area contributed by atoms with Crippen LogP contribution in [0.4, 0.5) is 0 Å². The minimum absolute atomic E-state index is 0.341. The fraction of sp³-hybridized carbons (Fsp3) is 0. The van der Waals surface area contributed by atoms with Crippen LogP contribution < -0.4 is 20.3 Å². The molecule has 0 aliphatic carbocycles. The van der Waals surface area contributed by atoms with Gasteiger partial charge in [-0.1, -0.05) is 109 Å². The van der Waals surface area contributed by atoms with Gasteiger partial charge in [0.15, 0.2) is 0 Å². The fourth-order valence-electron chi connectivity index (χ4n) is 5.65. The molecule has 0 saturated carbocycles. The summed E-state index contributed by atoms with van der Waals surface area (Å²) < 4.78 is 236. The van der Waals surface area contributed by atoms with Crippen LogP contribution >= 0.6 is 0 Å². The van der Waals surface area contributed by atoms with Gasteiger partial charge in [0, 0.05) is 32.9 Å². The second-order valence-electron chi connectivity index (χ2n) is 10.1. The third-order valence-electron chi connectivity index (χ3n) is 7.61. The van der Waals surface area contributed by atoms with Crippen molar-refractivity contribution in [3.63, 3.8) is 0 Å². The average Bonchev–Trinajstić information content (AvgIpc) is 3.69. The van der Waals surface area contributed by atoms with Crippen LogP contribution in [-0.4, -0.2) is 11.5 Å². The highest BCUT2D eigenvalue weighted by atomic mass is 16.5. The summed E-state index contributed by atoms with van der Waals surface area (Å²) in [5.41, 5.74) is -6.22. The Balaban J connectivity index is 1.39. The van der Waals surface area contributed by atoms with Gasteiger partial charge >= 0.3 is 6.92 Å². The smallest absolute Gasteiger partial charge is 0.434 e. The molecule has 0 amide bonds. The van der Waals surface area contributed by atoms with Crippen LogP contribution in [0.25, 0.3) is 60.9 Å². The summed E-state index contributed by atoms with van der Waals surface area (Å²) in [6, 6.07) is -19.5. The Morgan fingerprint density at radius 3 is 2.09 bits per heavy atom. The molecule has 10 rings (SSSR count). The highest BCUT2D eigenvalue weighted by Gasteiger charge is 2.41. The van der Waals surface area contributed by atoms with E-state index in [4.69, 9.17) is 32.7 Å². The van der Waals surface area contributed by atoms with Crippen molar-refractivity contribution < 1.29 is 43.7 Å². The predicted molar refractivity (Wildman–Crippen MR) is 189 cm³/mol. The third-order valence-corrected chi connectivity index (χ3v) is 7.61. The molecule has 0 bridgehead atoms. The van der Waals surface area contributed by atoms with E-state index in [0.29, 0.717) is 0 Å². The quantitative estimate of drug-likeness (QED) is 0.186. The molecule has 0 atom stereocenters. The molecule has 3 nitrogen and oxygen atoms in total. The molecule has 214 valence electrons. The molecule has 2 aliphatic rings. The summed E-state index contributed by atoms with van der Waals surface area (Å²) >= 11 is 0. The molecule has 8 aromatic rings. The Labute approximate surface area is 302 Å². The fourth-order valence-corrected chi connectivity index (χ4v) is 5.65. The second kappa shape index (κ2) is 9.75. The van der Waals surface area contributed by atoms with E-state index in [-0.39, 0.29) is 5.46 Å². The zero-order valence-corrected chi connectivity index (χ0v) is 22.9. The van der Waals surface area contributed by atoms with Gasteiger partial charge in [-0.3, -0.25) is 0 Å². The van der Waals surface area contributed by atoms with Crippen LogP contribution in [0.3, 0.4) is 0 Å². The standard InChI is InChI=1S/C42H26BNO2/c1-2-11-27(12-3-1)29-21-22-34-35-24-30(26-41-42(35)43(46-40(34)25-29)36-17-6-9-20-39(36)45-41)28-13-10-14-31(23-28)44-37-18-7-4-15-32(37)33-16-5-8-19-38(33)44/h1-26H/i1D,2D,3D,4D,5D,6D,7D,8D,9D,10D,11D,13D,14D,15D,16D,17D,18D,19D,20D,21D,22D,23D,24D,25D,26D. The summed E-state index contributed by atoms with van der Waals surface area (Å²) in [6.45, 7) is -1.80. The van der Waals surface area contributed by atoms with Crippen molar-refractivity contribution in [2.24, 2.45) is 0 Å². The van der Waals surface area contributed by atoms with Crippen LogP contribution in [0.2, 0.25) is 0 Å². The van der Waals surface area contributed by atoms with Gasteiger partial charge in [0.05, 0.1) is 45.3 Å². The summed E-state index contributed by atoms with van der Waals surface area (Å²) in [7, 11) is 0. The molecule has 3 heterocycles. The van der Waals surface area contributed by atoms with Gasteiger partial charge < -0.3 is 14.0 Å². The van der Waals surface area contributed by atoms with Crippen LogP contribution in [0.15, 0.2) is 157 Å². The summed E-state index contributed by atoms with van der Waals surface area (Å²) in [6.07, 6.45) is 0. The average molecular weight is 613 g/mol. The minimum atomic E-state index is -1.80. The third kappa shape index (κ3) is 3.74. The number of rotatable bonds is 3. The molecule has 4 heteroatoms. The van der Waals surface area contributed by atoms with Crippen LogP contribution in [-0.2, 0) is 0 Å². The van der Waals surface area contributed by atoms with E-state index in [9.17, 15) is 11.0 Å². The first kappa shape index (κ1) is 11.1. The maximum atomic E-state index is 9.93. The predicted octanol–water partition coefficient (Wildman–Crippen LogP) is 9.39. The number of aromatic nitrogens is 1. The zero-order valence-electron chi connectivity index (χ0n) is 47.9. The number of benzene rings is 7. The largest absolute Gasteiger partial charge is 0.551 e. The molecular formula is C42H26BNO2. The van der Waals surface area contributed by atoms with E-state index in [1.165, 1.54) is 0 Å². The number of hydrogen-bond acceptors (Lipinski definition) is 2. The second-order valence-corrected chi connectivity index (χ2v) is 10.1. The minimum Gasteiger partial charge on any atom is -0.551 e. The normalized spacial score (nSPS) is 20.3. The van der Waals surface area contributed by atoms with Gasteiger partial charge in [0.25, 0.3) is 0 Å². The first-order valence-electron chi connectivity index (χ1n) is 26.2. The molecule has 7 aromatic carbocycles.